The Kier molecular flexibility index (Phi) is 23.5. The van der Waals surface area contributed by atoms with Gasteiger partial charge in [0.15, 0.2) is 23.0 Å². The Morgan fingerprint density at radius 2 is 1.16 bits per heavy atom. The second kappa shape index (κ2) is 31.3. The lowest BCUT2D eigenvalue weighted by molar-refractivity contribution is -0.146. The number of nitrogens with zero attached hydrogens (tertiary/aromatic N) is 8. The second-order valence-electron chi connectivity index (χ2n) is 21.7. The summed E-state index contributed by atoms with van der Waals surface area (Å²) in [4.78, 5) is 79.3. The first-order chi connectivity index (χ1) is 42.0. The Labute approximate surface area is 511 Å². The van der Waals surface area contributed by atoms with Crippen LogP contribution >= 0.6 is 11.8 Å². The van der Waals surface area contributed by atoms with Gasteiger partial charge in [-0.3, -0.25) is 29.4 Å². The molecule has 2 aromatic heterocycles. The van der Waals surface area contributed by atoms with Gasteiger partial charge in [0.1, 0.15) is 25.6 Å². The number of allylic oxidation sites excluding steroid dienone is 2. The molecule has 87 heavy (non-hydrogen) atoms. The van der Waals surface area contributed by atoms with E-state index in [1.165, 1.54) is 37.5 Å². The Balaban J connectivity index is 0.789. The fraction of sp³-hybridized carbons (Fsp3) is 0.500. The number of carbonyl (C=O) groups excluding carboxylic acids is 4. The molecule has 2 saturated heterocycles. The predicted molar refractivity (Wildman–Crippen MR) is 326 cm³/mol. The van der Waals surface area contributed by atoms with E-state index in [-0.39, 0.29) is 67.4 Å². The molecular weight excluding hydrogens is 1140 g/mol. The molecule has 2 N–H and O–H groups in total. The van der Waals surface area contributed by atoms with Crippen molar-refractivity contribution in [2.45, 2.75) is 77.0 Å². The van der Waals surface area contributed by atoms with Gasteiger partial charge in [-0.25, -0.2) is 4.79 Å². The number of hydrogen-bond acceptors (Lipinski definition) is 21. The molecule has 2 aromatic carbocycles. The van der Waals surface area contributed by atoms with Gasteiger partial charge < -0.3 is 77.3 Å². The normalized spacial score (nSPS) is 17.1. The van der Waals surface area contributed by atoms with Crippen molar-refractivity contribution in [3.63, 3.8) is 0 Å². The number of fused-ring (bicyclic) bond motifs is 4. The monoisotopic (exact) mass is 1220 g/mol. The molecule has 8 rings (SSSR count). The number of ether oxygens (including phenoxy) is 9. The smallest absolute Gasteiger partial charge is 0.335 e. The first kappa shape index (κ1) is 65.3. The van der Waals surface area contributed by atoms with E-state index >= 15 is 0 Å². The van der Waals surface area contributed by atoms with E-state index in [4.69, 9.17) is 62.4 Å². The quantitative estimate of drug-likeness (QED) is 0.0375. The van der Waals surface area contributed by atoms with Crippen molar-refractivity contribution in [2.75, 3.05) is 126 Å². The van der Waals surface area contributed by atoms with Crippen LogP contribution in [0.2, 0.25) is 0 Å². The molecule has 4 aliphatic heterocycles. The van der Waals surface area contributed by atoms with Crippen LogP contribution in [0.25, 0.3) is 0 Å². The minimum atomic E-state index is -0.682. The first-order valence-electron chi connectivity index (χ1n) is 28.9. The molecule has 4 aliphatic rings. The third-order valence-corrected chi connectivity index (χ3v) is 16.1. The van der Waals surface area contributed by atoms with Crippen molar-refractivity contribution >= 4 is 59.3 Å². The van der Waals surface area contributed by atoms with Gasteiger partial charge in [-0.05, 0) is 59.7 Å². The number of benzene rings is 2. The third kappa shape index (κ3) is 18.0. The number of aliphatic imine (C=N–C) groups is 2. The van der Waals surface area contributed by atoms with Crippen molar-refractivity contribution in [1.29, 1.82) is 0 Å². The Bertz CT molecular complexity index is 3030. The SMILES string of the molecule is CC=C1C[C@H]2C=Nc3cc(OCc4cc(OCCN(C)CC(C)(C)SCC(=O)N(C)CCOCCOCCOCCOCCC(=O)On5c(O)ccc5O)cc(COc5cc6c(cc5OC)C(=O)N5CC(=CC)C[C@H]5C=N6)n4)c(OC)cc3C(=O)N2C1. The minimum Gasteiger partial charge on any atom is -0.493 e. The van der Waals surface area contributed by atoms with Gasteiger partial charge in [0.2, 0.25) is 17.7 Å². The summed E-state index contributed by atoms with van der Waals surface area (Å²) in [6.07, 6.45) is 9.14. The molecule has 0 radical (unpaired) electrons. The fourth-order valence-corrected chi connectivity index (χ4v) is 11.1. The van der Waals surface area contributed by atoms with E-state index in [1.807, 2.05) is 55.3 Å². The number of aromatic nitrogens is 2. The largest absolute Gasteiger partial charge is 0.493 e. The molecule has 4 aromatic rings. The molecule has 25 heteroatoms. The van der Waals surface area contributed by atoms with Crippen LogP contribution in [-0.4, -0.2) is 219 Å². The molecule has 470 valence electrons. The Morgan fingerprint density at radius 3 is 1.66 bits per heavy atom. The van der Waals surface area contributed by atoms with Crippen LogP contribution in [0.4, 0.5) is 11.4 Å². The number of rotatable bonds is 33. The predicted octanol–water partition coefficient (Wildman–Crippen LogP) is 6.62. The number of methoxy groups -OCH3 is 2. The zero-order valence-electron chi connectivity index (χ0n) is 50.8. The van der Waals surface area contributed by atoms with Crippen molar-refractivity contribution in [3.8, 4) is 40.5 Å². The third-order valence-electron chi connectivity index (χ3n) is 14.8. The van der Waals surface area contributed by atoms with Gasteiger partial charge in [0.25, 0.3) is 11.8 Å². The minimum absolute atomic E-state index is 0.00444. The van der Waals surface area contributed by atoms with Gasteiger partial charge in [0.05, 0.1) is 125 Å². The standard InChI is InChI=1S/C62H80N8O16S/c1-9-41-25-45-33-63-50-31-54(52(77-7)29-48(50)60(75)68(45)35-41)84-37-43-27-47(28-44(65-43)38-85-55-32-51-49(30-53(55)78-8)61(76)69-36-42(10-2)26-46(69)34-64-51)83-18-14-66(5)40-62(3,4)87-39-58(73)67(6)15-17-80-20-22-82-24-23-81-21-19-79-16-13-59(74)86-70-56(71)11-12-57(70)72/h9-12,27-34,45-46,71-72H,13-26,35-40H2,1-8H3/t45-,46-/m0/s1. The van der Waals surface area contributed by atoms with E-state index in [0.29, 0.717) is 152 Å². The lowest BCUT2D eigenvalue weighted by atomic mass is 10.1. The molecule has 0 aliphatic carbocycles. The molecule has 24 nitrogen and oxygen atoms in total. The highest BCUT2D eigenvalue weighted by atomic mass is 32.2. The number of amides is 3. The fourth-order valence-electron chi connectivity index (χ4n) is 10.0. The first-order valence-corrected chi connectivity index (χ1v) is 29.9. The number of pyridine rings is 1. The van der Waals surface area contributed by atoms with Crippen molar-refractivity contribution < 1.29 is 76.9 Å². The average Bonchev–Trinajstić information content (AvgIpc) is 3.25. The van der Waals surface area contributed by atoms with Gasteiger partial charge in [0, 0.05) is 93.3 Å². The van der Waals surface area contributed by atoms with Gasteiger partial charge >= 0.3 is 5.97 Å². The van der Waals surface area contributed by atoms with E-state index in [1.54, 1.807) is 48.0 Å². The van der Waals surface area contributed by atoms with Crippen LogP contribution in [0.1, 0.15) is 79.1 Å². The summed E-state index contributed by atoms with van der Waals surface area (Å²) >= 11 is 1.58. The van der Waals surface area contributed by atoms with Crippen LogP contribution in [0, 0.1) is 0 Å². The highest BCUT2D eigenvalue weighted by Gasteiger charge is 2.36. The van der Waals surface area contributed by atoms with E-state index in [0.717, 1.165) is 12.8 Å². The number of likely N-dealkylation sites (N-methyl/N-ethyl adjacent to an activating group) is 2. The molecular formula is C62H80N8O16S. The molecule has 3 amide bonds. The molecule has 2 atom stereocenters. The average molecular weight is 1230 g/mol. The Morgan fingerprint density at radius 1 is 0.667 bits per heavy atom. The Hall–Kier alpha value is -7.68. The van der Waals surface area contributed by atoms with Crippen LogP contribution in [-0.2, 0) is 41.8 Å². The topological polar surface area (TPSA) is 257 Å². The lowest BCUT2D eigenvalue weighted by Gasteiger charge is -2.30. The maximum atomic E-state index is 13.8. The zero-order valence-corrected chi connectivity index (χ0v) is 51.6. The van der Waals surface area contributed by atoms with Crippen LogP contribution < -0.4 is 28.5 Å². The maximum Gasteiger partial charge on any atom is 0.335 e. The van der Waals surface area contributed by atoms with Crippen LogP contribution in [0.3, 0.4) is 0 Å². The second-order valence-corrected chi connectivity index (χ2v) is 23.4. The summed E-state index contributed by atoms with van der Waals surface area (Å²) in [6, 6.07) is 12.5. The van der Waals surface area contributed by atoms with Crippen molar-refractivity contribution in [2.24, 2.45) is 9.98 Å². The van der Waals surface area contributed by atoms with E-state index in [2.05, 4.69) is 30.9 Å². The summed E-state index contributed by atoms with van der Waals surface area (Å²) in [7, 11) is 6.83. The van der Waals surface area contributed by atoms with Crippen LogP contribution in [0.15, 0.2) is 81.8 Å². The molecule has 2 fully saturated rings. The summed E-state index contributed by atoms with van der Waals surface area (Å²) in [5.41, 5.74) is 5.28. The molecule has 0 spiro atoms. The summed E-state index contributed by atoms with van der Waals surface area (Å²) in [6.45, 7) is 13.7. The van der Waals surface area contributed by atoms with Gasteiger partial charge in [-0.2, -0.15) is 0 Å². The highest BCUT2D eigenvalue weighted by molar-refractivity contribution is 8.01. The number of thioether (sulfide) groups is 1. The highest BCUT2D eigenvalue weighted by Crippen LogP contribution is 2.41. The van der Waals surface area contributed by atoms with Gasteiger partial charge in [-0.15, -0.1) is 16.5 Å². The number of hydrogen-bond donors (Lipinski definition) is 2. The molecule has 6 heterocycles. The van der Waals surface area contributed by atoms with E-state index in [9.17, 15) is 29.4 Å². The van der Waals surface area contributed by atoms with Gasteiger partial charge in [-0.1, -0.05) is 23.3 Å². The summed E-state index contributed by atoms with van der Waals surface area (Å²) in [5, 5.41) is 19.1. The molecule has 0 bridgehead atoms. The summed E-state index contributed by atoms with van der Waals surface area (Å²) in [5.74, 6) is 0.639. The van der Waals surface area contributed by atoms with Crippen LogP contribution in [0.5, 0.6) is 40.5 Å². The van der Waals surface area contributed by atoms with E-state index < -0.39 is 17.7 Å². The summed E-state index contributed by atoms with van der Waals surface area (Å²) < 4.78 is 53.2. The maximum absolute atomic E-state index is 13.8. The molecule has 0 unspecified atom stereocenters. The van der Waals surface area contributed by atoms with Crippen molar-refractivity contribution in [3.05, 3.63) is 94.3 Å². The van der Waals surface area contributed by atoms with Crippen molar-refractivity contribution in [1.82, 2.24) is 29.3 Å². The lowest BCUT2D eigenvalue weighted by Crippen LogP contribution is -2.38. The zero-order chi connectivity index (χ0) is 62.0. The number of aromatic hydroxyl groups is 2. The number of carbonyl (C=O) groups is 4. The molecule has 0 saturated carbocycles.